The van der Waals surface area contributed by atoms with Crippen LogP contribution in [0.2, 0.25) is 10.0 Å². The van der Waals surface area contributed by atoms with E-state index in [2.05, 4.69) is 10.3 Å². The van der Waals surface area contributed by atoms with Gasteiger partial charge in [0.2, 0.25) is 0 Å². The van der Waals surface area contributed by atoms with Crippen LogP contribution < -0.4 is 5.32 Å². The van der Waals surface area contributed by atoms with E-state index in [4.69, 9.17) is 23.2 Å². The summed E-state index contributed by atoms with van der Waals surface area (Å²) in [5.41, 5.74) is 1.59. The molecule has 0 radical (unpaired) electrons. The summed E-state index contributed by atoms with van der Waals surface area (Å²) in [4.78, 5) is 29.4. The summed E-state index contributed by atoms with van der Waals surface area (Å²) in [7, 11) is 0. The number of halogens is 3. The molecule has 0 fully saturated rings. The van der Waals surface area contributed by atoms with Gasteiger partial charge in [0, 0.05) is 36.0 Å². The predicted molar refractivity (Wildman–Crippen MR) is 123 cm³/mol. The number of aromatic nitrogens is 2. The molecule has 0 aliphatic heterocycles. The Morgan fingerprint density at radius 3 is 2.38 bits per heavy atom. The third-order valence-corrected chi connectivity index (χ3v) is 5.25. The number of hydrogen-bond donors (Lipinski definition) is 2. The molecule has 2 N–H and O–H groups in total. The van der Waals surface area contributed by atoms with Gasteiger partial charge in [0.1, 0.15) is 11.6 Å². The van der Waals surface area contributed by atoms with Gasteiger partial charge in [-0.15, -0.1) is 0 Å². The van der Waals surface area contributed by atoms with Gasteiger partial charge in [-0.25, -0.2) is 4.39 Å². The van der Waals surface area contributed by atoms with Gasteiger partial charge in [0.15, 0.2) is 0 Å². The molecule has 4 aromatic rings. The third-order valence-electron chi connectivity index (χ3n) is 4.67. The van der Waals surface area contributed by atoms with Crippen molar-refractivity contribution in [3.8, 4) is 5.75 Å². The number of phenolic OH excluding ortho intramolecular Hbond substituents is 1. The van der Waals surface area contributed by atoms with Crippen LogP contribution in [0.4, 0.5) is 10.1 Å². The van der Waals surface area contributed by atoms with Gasteiger partial charge in [-0.2, -0.15) is 0 Å². The van der Waals surface area contributed by atoms with Crippen LogP contribution in [-0.2, 0) is 11.3 Å². The van der Waals surface area contributed by atoms with Crippen LogP contribution in [-0.4, -0.2) is 55.9 Å². The van der Waals surface area contributed by atoms with Gasteiger partial charge in [-0.1, -0.05) is 35.3 Å². The van der Waals surface area contributed by atoms with Crippen LogP contribution in [0.25, 0.3) is 10.9 Å². The second-order valence-electron chi connectivity index (χ2n) is 6.76. The first kappa shape index (κ1) is 24.2. The van der Waals surface area contributed by atoms with Crippen molar-refractivity contribution in [2.24, 2.45) is 0 Å². The minimum atomic E-state index is -0.945. The number of aromatic hydroxyl groups is 1. The summed E-state index contributed by atoms with van der Waals surface area (Å²) in [5.74, 6) is -2.19. The number of anilines is 1. The molecule has 2 aromatic heterocycles. The summed E-state index contributed by atoms with van der Waals surface area (Å²) in [6, 6.07) is 10.5. The Kier molecular flexibility index (Phi) is 7.59. The van der Waals surface area contributed by atoms with Crippen LogP contribution in [0.1, 0.15) is 15.9 Å². The molecule has 0 atom stereocenters. The number of hydrogen-bond acceptors (Lipinski definition) is 4. The van der Waals surface area contributed by atoms with Gasteiger partial charge in [-0.3, -0.25) is 14.6 Å². The first-order valence-corrected chi connectivity index (χ1v) is 9.80. The summed E-state index contributed by atoms with van der Waals surface area (Å²) in [5, 5.41) is 12.9. The number of rotatable bonds is 5. The Morgan fingerprint density at radius 2 is 1.72 bits per heavy atom. The number of fused-ring (bicyclic) bond motifs is 1. The molecular formula is C22H15Cl2FN3NaO3. The Labute approximate surface area is 214 Å². The Bertz CT molecular complexity index is 1310. The summed E-state index contributed by atoms with van der Waals surface area (Å²) in [6.07, 6.45) is 4.10. The standard InChI is InChI=1S/C22H14Cl2FN3O3.Na.H/c23-17-8-26-9-18(24)20(17)27-22(31)21(30)16-11-28(10-12-1-3-13(25)4-2-12)19-6-5-14(29)7-15(16)19;;/h1-9,11,29H,10H2,(H,26,27,31);;. The molecule has 0 saturated carbocycles. The van der Waals surface area contributed by atoms with Crippen LogP contribution in [0.3, 0.4) is 0 Å². The SMILES string of the molecule is O=C(Nc1c(Cl)cncc1Cl)C(=O)c1cn(Cc2ccc(F)cc2)c2ccc(O)cc12.[NaH]. The molecular weight excluding hydrogens is 467 g/mol. The molecule has 6 nitrogen and oxygen atoms in total. The number of Topliss-reactive ketones (excluding diaryl/α,β-unsaturated/α-hetero) is 1. The fourth-order valence-corrected chi connectivity index (χ4v) is 3.67. The zero-order chi connectivity index (χ0) is 22.1. The molecule has 0 spiro atoms. The predicted octanol–water partition coefficient (Wildman–Crippen LogP) is 4.41. The first-order valence-electron chi connectivity index (χ1n) is 9.04. The normalized spacial score (nSPS) is 10.6. The van der Waals surface area contributed by atoms with E-state index in [1.54, 1.807) is 22.8 Å². The number of pyridine rings is 1. The zero-order valence-corrected chi connectivity index (χ0v) is 17.3. The number of phenols is 1. The van der Waals surface area contributed by atoms with E-state index in [0.717, 1.165) is 5.56 Å². The maximum absolute atomic E-state index is 13.2. The van der Waals surface area contributed by atoms with Crippen molar-refractivity contribution in [2.75, 3.05) is 5.32 Å². The van der Waals surface area contributed by atoms with E-state index in [0.29, 0.717) is 17.4 Å². The molecule has 158 valence electrons. The number of ketones is 1. The van der Waals surface area contributed by atoms with Crippen LogP contribution in [0, 0.1) is 5.82 Å². The van der Waals surface area contributed by atoms with Crippen molar-refractivity contribution >= 4 is 81.0 Å². The van der Waals surface area contributed by atoms with Gasteiger partial charge < -0.3 is 15.0 Å². The van der Waals surface area contributed by atoms with E-state index >= 15 is 0 Å². The van der Waals surface area contributed by atoms with E-state index in [9.17, 15) is 19.1 Å². The second kappa shape index (κ2) is 10.0. The van der Waals surface area contributed by atoms with E-state index in [-0.39, 0.29) is 62.4 Å². The maximum atomic E-state index is 13.2. The molecule has 1 amide bonds. The Morgan fingerprint density at radius 1 is 1.06 bits per heavy atom. The third kappa shape index (κ3) is 4.98. The fraction of sp³-hybridized carbons (Fsp3) is 0.0455. The first-order chi connectivity index (χ1) is 14.8. The molecule has 10 heteroatoms. The molecule has 2 aromatic carbocycles. The molecule has 0 bridgehead atoms. The number of carbonyl (C=O) groups excluding carboxylic acids is 2. The van der Waals surface area contributed by atoms with Crippen molar-refractivity contribution in [1.82, 2.24) is 9.55 Å². The quantitative estimate of drug-likeness (QED) is 0.251. The summed E-state index contributed by atoms with van der Waals surface area (Å²) >= 11 is 12.0. The van der Waals surface area contributed by atoms with Gasteiger partial charge in [0.25, 0.3) is 11.7 Å². The topological polar surface area (TPSA) is 84.2 Å². The van der Waals surface area contributed by atoms with Gasteiger partial charge in [0.05, 0.1) is 21.3 Å². The van der Waals surface area contributed by atoms with Crippen LogP contribution in [0.15, 0.2) is 61.1 Å². The molecule has 32 heavy (non-hydrogen) atoms. The van der Waals surface area contributed by atoms with Crippen molar-refractivity contribution in [2.45, 2.75) is 6.54 Å². The van der Waals surface area contributed by atoms with Crippen LogP contribution in [0.5, 0.6) is 5.75 Å². The number of amides is 1. The monoisotopic (exact) mass is 481 g/mol. The minimum absolute atomic E-state index is 0. The van der Waals surface area contributed by atoms with E-state index in [1.807, 2.05) is 0 Å². The number of nitrogens with zero attached hydrogens (tertiary/aromatic N) is 2. The second-order valence-corrected chi connectivity index (χ2v) is 7.57. The van der Waals surface area contributed by atoms with E-state index < -0.39 is 11.7 Å². The molecule has 0 unspecified atom stereocenters. The van der Waals surface area contributed by atoms with Crippen LogP contribution >= 0.6 is 23.2 Å². The average molecular weight is 482 g/mol. The van der Waals surface area contributed by atoms with Gasteiger partial charge >= 0.3 is 29.6 Å². The average Bonchev–Trinajstić information content (AvgIpc) is 3.09. The van der Waals surface area contributed by atoms with Crippen molar-refractivity contribution in [3.05, 3.63) is 88.0 Å². The number of nitrogens with one attached hydrogen (secondary N) is 1. The molecule has 2 heterocycles. The van der Waals surface area contributed by atoms with Crippen molar-refractivity contribution in [1.29, 1.82) is 0 Å². The summed E-state index contributed by atoms with van der Waals surface area (Å²) in [6.45, 7) is 0.332. The fourth-order valence-electron chi connectivity index (χ4n) is 3.21. The van der Waals surface area contributed by atoms with Crippen molar-refractivity contribution in [3.63, 3.8) is 0 Å². The number of carbonyl (C=O) groups is 2. The molecule has 0 saturated heterocycles. The molecule has 0 aliphatic carbocycles. The molecule has 4 rings (SSSR count). The number of benzene rings is 2. The van der Waals surface area contributed by atoms with E-state index in [1.165, 1.54) is 42.9 Å². The Hall–Kier alpha value is -2.42. The summed E-state index contributed by atoms with van der Waals surface area (Å²) < 4.78 is 15.0. The van der Waals surface area contributed by atoms with Crippen molar-refractivity contribution < 1.29 is 19.1 Å². The molecule has 0 aliphatic rings. The van der Waals surface area contributed by atoms with Gasteiger partial charge in [-0.05, 0) is 35.9 Å². The zero-order valence-electron chi connectivity index (χ0n) is 15.8. The Balaban J connectivity index is 0.00000289.